The molecule has 128 valence electrons. The fourth-order valence-corrected chi connectivity index (χ4v) is 2.88. The van der Waals surface area contributed by atoms with Gasteiger partial charge in [0.15, 0.2) is 0 Å². The molecule has 0 aliphatic rings. The van der Waals surface area contributed by atoms with E-state index >= 15 is 0 Å². The Balaban J connectivity index is 1.73. The van der Waals surface area contributed by atoms with E-state index in [1.54, 1.807) is 10.9 Å². The Morgan fingerprint density at radius 1 is 1.12 bits per heavy atom. The van der Waals surface area contributed by atoms with E-state index in [-0.39, 0.29) is 5.91 Å². The van der Waals surface area contributed by atoms with Gasteiger partial charge in [0.2, 0.25) is 5.91 Å². The number of hydrogen-bond donors (Lipinski definition) is 1. The lowest BCUT2D eigenvalue weighted by atomic mass is 9.98. The molecule has 3 aromatic rings. The summed E-state index contributed by atoms with van der Waals surface area (Å²) in [5.74, 6) is 0.333. The molecule has 0 fully saturated rings. The predicted molar refractivity (Wildman–Crippen MR) is 101 cm³/mol. The highest BCUT2D eigenvalue weighted by atomic mass is 16.1. The summed E-state index contributed by atoms with van der Waals surface area (Å²) in [4.78, 5) is 12.5. The van der Waals surface area contributed by atoms with Crippen LogP contribution >= 0.6 is 0 Å². The number of amides is 1. The van der Waals surface area contributed by atoms with Gasteiger partial charge in [0, 0.05) is 11.9 Å². The fourth-order valence-electron chi connectivity index (χ4n) is 2.88. The van der Waals surface area contributed by atoms with Crippen molar-refractivity contribution < 1.29 is 4.79 Å². The first-order valence-corrected chi connectivity index (χ1v) is 8.53. The van der Waals surface area contributed by atoms with E-state index in [4.69, 9.17) is 0 Å². The summed E-state index contributed by atoms with van der Waals surface area (Å²) in [6, 6.07) is 16.0. The lowest BCUT2D eigenvalue weighted by molar-refractivity contribution is -0.115. The van der Waals surface area contributed by atoms with Crippen LogP contribution in [0.15, 0.2) is 60.9 Å². The van der Waals surface area contributed by atoms with Crippen molar-refractivity contribution in [2.75, 3.05) is 5.32 Å². The first kappa shape index (κ1) is 17.0. The molecule has 0 unspecified atom stereocenters. The van der Waals surface area contributed by atoms with Crippen LogP contribution in [-0.2, 0) is 11.2 Å². The van der Waals surface area contributed by atoms with Gasteiger partial charge in [-0.2, -0.15) is 5.10 Å². The van der Waals surface area contributed by atoms with Crippen molar-refractivity contribution in [1.29, 1.82) is 0 Å². The zero-order valence-electron chi connectivity index (χ0n) is 14.9. The van der Waals surface area contributed by atoms with E-state index in [0.29, 0.717) is 12.3 Å². The molecule has 0 saturated carbocycles. The summed E-state index contributed by atoms with van der Waals surface area (Å²) in [6.45, 7) is 6.29. The molecule has 4 nitrogen and oxygen atoms in total. The highest BCUT2D eigenvalue weighted by Crippen LogP contribution is 2.27. The van der Waals surface area contributed by atoms with E-state index in [0.717, 1.165) is 28.1 Å². The molecule has 1 aromatic heterocycles. The summed E-state index contributed by atoms with van der Waals surface area (Å²) >= 11 is 0. The number of nitrogens with zero attached hydrogens (tertiary/aromatic N) is 2. The molecule has 0 saturated heterocycles. The first-order valence-electron chi connectivity index (χ1n) is 8.53. The van der Waals surface area contributed by atoms with Crippen LogP contribution in [-0.4, -0.2) is 15.7 Å². The van der Waals surface area contributed by atoms with Crippen LogP contribution in [0, 0.1) is 6.92 Å². The maximum absolute atomic E-state index is 12.5. The summed E-state index contributed by atoms with van der Waals surface area (Å²) in [5, 5.41) is 7.43. The Labute approximate surface area is 148 Å². The standard InChI is InChI=1S/C21H23N3O/c1-15(2)19-11-7-8-16(3)21(19)23-20(25)12-17-13-22-24(14-17)18-9-5-4-6-10-18/h4-11,13-15H,12H2,1-3H3,(H,23,25). The van der Waals surface area contributed by atoms with Crippen LogP contribution in [0.3, 0.4) is 0 Å². The lowest BCUT2D eigenvalue weighted by Crippen LogP contribution is -2.16. The van der Waals surface area contributed by atoms with Gasteiger partial charge in [-0.3, -0.25) is 4.79 Å². The summed E-state index contributed by atoms with van der Waals surface area (Å²) in [7, 11) is 0. The second-order valence-electron chi connectivity index (χ2n) is 6.55. The average Bonchev–Trinajstić information content (AvgIpc) is 3.05. The van der Waals surface area contributed by atoms with E-state index in [1.165, 1.54) is 0 Å². The zero-order chi connectivity index (χ0) is 17.8. The van der Waals surface area contributed by atoms with Crippen molar-refractivity contribution in [3.63, 3.8) is 0 Å². The minimum absolute atomic E-state index is 0.0242. The molecule has 3 rings (SSSR count). The third-order valence-electron chi connectivity index (χ3n) is 4.21. The van der Waals surface area contributed by atoms with Gasteiger partial charge in [-0.05, 0) is 41.7 Å². The fraction of sp³-hybridized carbons (Fsp3) is 0.238. The normalized spacial score (nSPS) is 10.9. The van der Waals surface area contributed by atoms with Crippen LogP contribution in [0.1, 0.15) is 36.5 Å². The van der Waals surface area contributed by atoms with Gasteiger partial charge in [0.1, 0.15) is 0 Å². The van der Waals surface area contributed by atoms with E-state index < -0.39 is 0 Å². The molecule has 0 aliphatic carbocycles. The van der Waals surface area contributed by atoms with Crippen molar-refractivity contribution >= 4 is 11.6 Å². The predicted octanol–water partition coefficient (Wildman–Crippen LogP) is 4.49. The maximum atomic E-state index is 12.5. The van der Waals surface area contributed by atoms with Gasteiger partial charge in [0.05, 0.1) is 18.3 Å². The summed E-state index contributed by atoms with van der Waals surface area (Å²) < 4.78 is 1.79. The Morgan fingerprint density at radius 2 is 1.88 bits per heavy atom. The van der Waals surface area contributed by atoms with Crippen molar-refractivity contribution in [2.45, 2.75) is 33.1 Å². The topological polar surface area (TPSA) is 46.9 Å². The minimum atomic E-state index is -0.0242. The van der Waals surface area contributed by atoms with Crippen LogP contribution in [0.25, 0.3) is 5.69 Å². The molecule has 1 heterocycles. The summed E-state index contributed by atoms with van der Waals surface area (Å²) in [5.41, 5.74) is 5.04. The Morgan fingerprint density at radius 3 is 2.60 bits per heavy atom. The number of rotatable bonds is 5. The Bertz CT molecular complexity index is 866. The molecule has 0 spiro atoms. The molecule has 0 bridgehead atoms. The molecule has 4 heteroatoms. The lowest BCUT2D eigenvalue weighted by Gasteiger charge is -2.16. The molecule has 0 aliphatic heterocycles. The second-order valence-corrected chi connectivity index (χ2v) is 6.55. The van der Waals surface area contributed by atoms with Crippen LogP contribution in [0.2, 0.25) is 0 Å². The van der Waals surface area contributed by atoms with Crippen molar-refractivity contribution in [2.24, 2.45) is 0 Å². The van der Waals surface area contributed by atoms with Gasteiger partial charge in [0.25, 0.3) is 0 Å². The Kier molecular flexibility index (Phi) is 4.98. The largest absolute Gasteiger partial charge is 0.325 e. The van der Waals surface area contributed by atoms with Crippen LogP contribution in [0.4, 0.5) is 5.69 Å². The van der Waals surface area contributed by atoms with Gasteiger partial charge >= 0.3 is 0 Å². The number of nitrogens with one attached hydrogen (secondary N) is 1. The minimum Gasteiger partial charge on any atom is -0.325 e. The van der Waals surface area contributed by atoms with Crippen LogP contribution in [0.5, 0.6) is 0 Å². The third-order valence-corrected chi connectivity index (χ3v) is 4.21. The highest BCUT2D eigenvalue weighted by molar-refractivity contribution is 5.93. The van der Waals surface area contributed by atoms with E-state index in [1.807, 2.05) is 55.6 Å². The molecule has 1 N–H and O–H groups in total. The van der Waals surface area contributed by atoms with E-state index in [2.05, 4.69) is 30.3 Å². The molecule has 0 radical (unpaired) electrons. The smallest absolute Gasteiger partial charge is 0.228 e. The number of carbonyl (C=O) groups is 1. The zero-order valence-corrected chi connectivity index (χ0v) is 14.9. The van der Waals surface area contributed by atoms with Gasteiger partial charge in [-0.15, -0.1) is 0 Å². The van der Waals surface area contributed by atoms with E-state index in [9.17, 15) is 4.79 Å². The third kappa shape index (κ3) is 3.97. The Hall–Kier alpha value is -2.88. The number of anilines is 1. The monoisotopic (exact) mass is 333 g/mol. The van der Waals surface area contributed by atoms with Crippen molar-refractivity contribution in [3.8, 4) is 5.69 Å². The number of carbonyl (C=O) groups excluding carboxylic acids is 1. The van der Waals surface area contributed by atoms with Crippen LogP contribution < -0.4 is 5.32 Å². The highest BCUT2D eigenvalue weighted by Gasteiger charge is 2.13. The maximum Gasteiger partial charge on any atom is 0.228 e. The van der Waals surface area contributed by atoms with Crippen molar-refractivity contribution in [3.05, 3.63) is 77.6 Å². The first-order chi connectivity index (χ1) is 12.0. The second kappa shape index (κ2) is 7.34. The number of hydrogen-bond acceptors (Lipinski definition) is 2. The molecule has 2 aromatic carbocycles. The SMILES string of the molecule is Cc1cccc(C(C)C)c1NC(=O)Cc1cnn(-c2ccccc2)c1. The molecule has 1 amide bonds. The average molecular weight is 333 g/mol. The number of aryl methyl sites for hydroxylation is 1. The molecule has 0 atom stereocenters. The number of aromatic nitrogens is 2. The van der Waals surface area contributed by atoms with Crippen molar-refractivity contribution in [1.82, 2.24) is 9.78 Å². The van der Waals surface area contributed by atoms with Gasteiger partial charge in [-0.1, -0.05) is 50.2 Å². The molecular weight excluding hydrogens is 310 g/mol. The molecule has 25 heavy (non-hydrogen) atoms. The number of benzene rings is 2. The van der Waals surface area contributed by atoms with Gasteiger partial charge < -0.3 is 5.32 Å². The summed E-state index contributed by atoms with van der Waals surface area (Å²) in [6.07, 6.45) is 3.95. The quantitative estimate of drug-likeness (QED) is 0.748. The number of para-hydroxylation sites is 2. The molecular formula is C21H23N3O. The van der Waals surface area contributed by atoms with Gasteiger partial charge in [-0.25, -0.2) is 4.68 Å².